The topological polar surface area (TPSA) is 88.0 Å². The lowest BCUT2D eigenvalue weighted by Gasteiger charge is -2.18. The molecule has 0 fully saturated rings. The van der Waals surface area contributed by atoms with E-state index in [1.54, 1.807) is 12.1 Å². The lowest BCUT2D eigenvalue weighted by atomic mass is 9.90. The zero-order chi connectivity index (χ0) is 14.3. The molecule has 1 aliphatic carbocycles. The van der Waals surface area contributed by atoms with Crippen LogP contribution in [0.4, 0.5) is 0 Å². The third-order valence-electron chi connectivity index (χ3n) is 3.82. The highest BCUT2D eigenvalue weighted by Crippen LogP contribution is 2.28. The molecule has 2 heterocycles. The van der Waals surface area contributed by atoms with Crippen molar-refractivity contribution in [2.75, 3.05) is 0 Å². The average Bonchev–Trinajstić information content (AvgIpc) is 2.75. The second-order valence-electron chi connectivity index (χ2n) is 5.09. The van der Waals surface area contributed by atoms with Crippen molar-refractivity contribution in [2.24, 2.45) is 13.0 Å². The number of carbonyl (C=O) groups is 1. The predicted octanol–water partition coefficient (Wildman–Crippen LogP) is 0.965. The van der Waals surface area contributed by atoms with Crippen LogP contribution in [0.15, 0.2) is 23.0 Å². The number of aromatic nitrogens is 3. The van der Waals surface area contributed by atoms with Gasteiger partial charge >= 0.3 is 5.97 Å². The summed E-state index contributed by atoms with van der Waals surface area (Å²) in [5.41, 5.74) is 2.36. The largest absolute Gasteiger partial charge is 0.481 e. The first-order valence-corrected chi connectivity index (χ1v) is 6.53. The molecule has 6 nitrogen and oxygen atoms in total. The van der Waals surface area contributed by atoms with E-state index >= 15 is 0 Å². The van der Waals surface area contributed by atoms with E-state index in [1.807, 2.05) is 11.6 Å². The summed E-state index contributed by atoms with van der Waals surface area (Å²) in [5.74, 6) is -0.449. The van der Waals surface area contributed by atoms with E-state index in [1.165, 1.54) is 6.07 Å². The van der Waals surface area contributed by atoms with Crippen LogP contribution in [0.5, 0.6) is 0 Å². The van der Waals surface area contributed by atoms with Crippen LogP contribution in [0.1, 0.15) is 17.8 Å². The van der Waals surface area contributed by atoms with Crippen molar-refractivity contribution in [2.45, 2.75) is 19.3 Å². The van der Waals surface area contributed by atoms with Gasteiger partial charge in [-0.1, -0.05) is 6.07 Å². The van der Waals surface area contributed by atoms with Crippen LogP contribution in [0.2, 0.25) is 0 Å². The SMILES string of the molecule is Cn1c(-c2cccc(=O)[nH]2)nc2c1CCC(C(=O)O)C2. The summed E-state index contributed by atoms with van der Waals surface area (Å²) in [6.07, 6.45) is 1.79. The number of nitrogens with zero attached hydrogens (tertiary/aromatic N) is 2. The van der Waals surface area contributed by atoms with Crippen molar-refractivity contribution in [3.05, 3.63) is 39.9 Å². The third kappa shape index (κ3) is 2.03. The molecular weight excluding hydrogens is 258 g/mol. The molecule has 0 saturated carbocycles. The number of aromatic amines is 1. The molecule has 2 aromatic rings. The standard InChI is InChI=1S/C14H15N3O3/c1-17-11-6-5-8(14(19)20)7-10(11)16-13(17)9-3-2-4-12(18)15-9/h2-4,8H,5-7H2,1H3,(H,15,18)(H,19,20). The highest BCUT2D eigenvalue weighted by Gasteiger charge is 2.28. The first kappa shape index (κ1) is 12.7. The number of hydrogen-bond donors (Lipinski definition) is 2. The fourth-order valence-corrected chi connectivity index (χ4v) is 2.74. The van der Waals surface area contributed by atoms with Gasteiger partial charge in [0, 0.05) is 25.2 Å². The van der Waals surface area contributed by atoms with Gasteiger partial charge in [0.15, 0.2) is 5.82 Å². The highest BCUT2D eigenvalue weighted by molar-refractivity contribution is 5.71. The molecule has 2 N–H and O–H groups in total. The molecule has 6 heteroatoms. The maximum absolute atomic E-state index is 11.4. The van der Waals surface area contributed by atoms with Crippen molar-refractivity contribution < 1.29 is 9.90 Å². The molecule has 1 unspecified atom stereocenters. The monoisotopic (exact) mass is 273 g/mol. The van der Waals surface area contributed by atoms with E-state index in [2.05, 4.69) is 9.97 Å². The lowest BCUT2D eigenvalue weighted by Crippen LogP contribution is -2.22. The molecule has 1 atom stereocenters. The Morgan fingerprint density at radius 2 is 2.30 bits per heavy atom. The second kappa shape index (κ2) is 4.63. The van der Waals surface area contributed by atoms with E-state index < -0.39 is 5.97 Å². The minimum Gasteiger partial charge on any atom is -0.481 e. The van der Waals surface area contributed by atoms with Crippen LogP contribution in [-0.2, 0) is 24.7 Å². The van der Waals surface area contributed by atoms with Gasteiger partial charge in [0.05, 0.1) is 17.3 Å². The Balaban J connectivity index is 2.04. The lowest BCUT2D eigenvalue weighted by molar-refractivity contribution is -0.142. The first-order chi connectivity index (χ1) is 9.56. The van der Waals surface area contributed by atoms with Crippen LogP contribution in [0.3, 0.4) is 0 Å². The van der Waals surface area contributed by atoms with Crippen LogP contribution in [0, 0.1) is 5.92 Å². The number of imidazole rings is 1. The van der Waals surface area contributed by atoms with Crippen molar-refractivity contribution >= 4 is 5.97 Å². The number of fused-ring (bicyclic) bond motifs is 1. The quantitative estimate of drug-likeness (QED) is 0.853. The summed E-state index contributed by atoms with van der Waals surface area (Å²) < 4.78 is 1.94. The van der Waals surface area contributed by atoms with Gasteiger partial charge in [-0.3, -0.25) is 9.59 Å². The summed E-state index contributed by atoms with van der Waals surface area (Å²) in [6.45, 7) is 0. The maximum atomic E-state index is 11.4. The number of aliphatic carboxylic acids is 1. The zero-order valence-corrected chi connectivity index (χ0v) is 11.1. The Bertz CT molecular complexity index is 730. The van der Waals surface area contributed by atoms with Gasteiger partial charge in [0.1, 0.15) is 0 Å². The van der Waals surface area contributed by atoms with E-state index in [9.17, 15) is 9.59 Å². The summed E-state index contributed by atoms with van der Waals surface area (Å²) in [4.78, 5) is 29.8. The number of hydrogen-bond acceptors (Lipinski definition) is 3. The molecule has 0 spiro atoms. The number of pyridine rings is 1. The average molecular weight is 273 g/mol. The smallest absolute Gasteiger partial charge is 0.306 e. The fourth-order valence-electron chi connectivity index (χ4n) is 2.74. The molecule has 0 saturated heterocycles. The molecule has 2 aromatic heterocycles. The molecule has 0 aromatic carbocycles. The van der Waals surface area contributed by atoms with Crippen molar-refractivity contribution in [3.8, 4) is 11.5 Å². The van der Waals surface area contributed by atoms with Crippen LogP contribution >= 0.6 is 0 Å². The Labute approximate surface area is 115 Å². The van der Waals surface area contributed by atoms with Crippen LogP contribution in [-0.4, -0.2) is 25.6 Å². The number of nitrogens with one attached hydrogen (secondary N) is 1. The minimum absolute atomic E-state index is 0.174. The molecule has 0 radical (unpaired) electrons. The molecule has 20 heavy (non-hydrogen) atoms. The predicted molar refractivity (Wildman–Crippen MR) is 72.4 cm³/mol. The number of carboxylic acids is 1. The van der Waals surface area contributed by atoms with Crippen molar-refractivity contribution in [1.82, 2.24) is 14.5 Å². The Morgan fingerprint density at radius 3 is 3.00 bits per heavy atom. The van der Waals surface area contributed by atoms with Gasteiger partial charge in [0.2, 0.25) is 5.56 Å². The number of H-pyrrole nitrogens is 1. The fraction of sp³-hybridized carbons (Fsp3) is 0.357. The van der Waals surface area contributed by atoms with Crippen molar-refractivity contribution in [3.63, 3.8) is 0 Å². The van der Waals surface area contributed by atoms with E-state index in [0.29, 0.717) is 30.8 Å². The Morgan fingerprint density at radius 1 is 1.50 bits per heavy atom. The van der Waals surface area contributed by atoms with Crippen LogP contribution < -0.4 is 5.56 Å². The Hall–Kier alpha value is -2.37. The van der Waals surface area contributed by atoms with Gasteiger partial charge in [-0.25, -0.2) is 4.98 Å². The molecule has 0 aliphatic heterocycles. The van der Waals surface area contributed by atoms with E-state index in [4.69, 9.17) is 5.11 Å². The number of rotatable bonds is 2. The summed E-state index contributed by atoms with van der Waals surface area (Å²) in [5, 5.41) is 9.11. The molecule has 104 valence electrons. The molecule has 1 aliphatic rings. The molecule has 3 rings (SSSR count). The third-order valence-corrected chi connectivity index (χ3v) is 3.82. The second-order valence-corrected chi connectivity index (χ2v) is 5.09. The maximum Gasteiger partial charge on any atom is 0.306 e. The van der Waals surface area contributed by atoms with E-state index in [-0.39, 0.29) is 11.5 Å². The van der Waals surface area contributed by atoms with Gasteiger partial charge < -0.3 is 14.7 Å². The zero-order valence-electron chi connectivity index (χ0n) is 11.1. The summed E-state index contributed by atoms with van der Waals surface area (Å²) in [7, 11) is 1.90. The van der Waals surface area contributed by atoms with Gasteiger partial charge in [-0.15, -0.1) is 0 Å². The van der Waals surface area contributed by atoms with E-state index in [0.717, 1.165) is 11.4 Å². The minimum atomic E-state index is -0.768. The first-order valence-electron chi connectivity index (χ1n) is 6.53. The summed E-state index contributed by atoms with van der Waals surface area (Å²) in [6, 6.07) is 4.93. The molecule has 0 amide bonds. The van der Waals surface area contributed by atoms with Gasteiger partial charge in [-0.05, 0) is 18.9 Å². The Kier molecular flexibility index (Phi) is 2.93. The van der Waals surface area contributed by atoms with Crippen LogP contribution in [0.25, 0.3) is 11.5 Å². The molecular formula is C14H15N3O3. The molecule has 0 bridgehead atoms. The van der Waals surface area contributed by atoms with Gasteiger partial charge in [-0.2, -0.15) is 0 Å². The van der Waals surface area contributed by atoms with Gasteiger partial charge in [0.25, 0.3) is 0 Å². The number of carboxylic acid groups (broad SMARTS) is 1. The summed E-state index contributed by atoms with van der Waals surface area (Å²) >= 11 is 0. The van der Waals surface area contributed by atoms with Crippen molar-refractivity contribution in [1.29, 1.82) is 0 Å². The normalized spacial score (nSPS) is 17.8. The highest BCUT2D eigenvalue weighted by atomic mass is 16.4.